The maximum Gasteiger partial charge on any atom is 0.418 e. The summed E-state index contributed by atoms with van der Waals surface area (Å²) in [7, 11) is 0. The number of nitrogens with zero attached hydrogens (tertiary/aromatic N) is 3. The highest BCUT2D eigenvalue weighted by atomic mass is 32.2. The predicted octanol–water partition coefficient (Wildman–Crippen LogP) is 4.14. The molecule has 156 valence electrons. The lowest BCUT2D eigenvalue weighted by Gasteiger charge is -2.33. The van der Waals surface area contributed by atoms with E-state index < -0.39 is 34.8 Å². The number of anilines is 1. The van der Waals surface area contributed by atoms with Gasteiger partial charge in [0.15, 0.2) is 0 Å². The number of hydrogen-bond donors (Lipinski definition) is 2. The summed E-state index contributed by atoms with van der Waals surface area (Å²) in [5.74, 6) is -0.542. The molecule has 0 saturated carbocycles. The number of hydrogen-bond acceptors (Lipinski definition) is 5. The Kier molecular flexibility index (Phi) is 5.14. The SMILES string of the molecule is Cc1nnc2n1N[C@@H](c1ccc(F)cc1)[C@@H](C(=O)Nc1ccccc1C(F)(F)F)S2. The minimum absolute atomic E-state index is 0.336. The van der Waals surface area contributed by atoms with Crippen LogP contribution in [0, 0.1) is 12.7 Å². The van der Waals surface area contributed by atoms with Crippen LogP contribution in [0.5, 0.6) is 0 Å². The first-order valence-corrected chi connectivity index (χ1v) is 9.70. The van der Waals surface area contributed by atoms with Crippen LogP contribution in [0.4, 0.5) is 23.2 Å². The van der Waals surface area contributed by atoms with E-state index in [0.717, 1.165) is 17.8 Å². The molecule has 30 heavy (non-hydrogen) atoms. The van der Waals surface area contributed by atoms with Crippen molar-refractivity contribution >= 4 is 23.4 Å². The molecule has 0 spiro atoms. The van der Waals surface area contributed by atoms with Crippen molar-refractivity contribution in [3.63, 3.8) is 0 Å². The van der Waals surface area contributed by atoms with Gasteiger partial charge in [-0.1, -0.05) is 36.0 Å². The first kappa shape index (κ1) is 20.2. The molecule has 0 fully saturated rings. The summed E-state index contributed by atoms with van der Waals surface area (Å²) in [6.45, 7) is 1.71. The van der Waals surface area contributed by atoms with E-state index in [9.17, 15) is 22.4 Å². The third-order valence-corrected chi connectivity index (χ3v) is 5.79. The van der Waals surface area contributed by atoms with Crippen LogP contribution in [0.25, 0.3) is 0 Å². The fourth-order valence-corrected chi connectivity index (χ4v) is 4.25. The summed E-state index contributed by atoms with van der Waals surface area (Å²) in [5, 5.41) is 9.84. The van der Waals surface area contributed by atoms with Crippen LogP contribution in [-0.2, 0) is 11.0 Å². The first-order chi connectivity index (χ1) is 14.2. The number of halogens is 4. The highest BCUT2D eigenvalue weighted by Gasteiger charge is 2.39. The van der Waals surface area contributed by atoms with E-state index in [0.29, 0.717) is 16.5 Å². The minimum Gasteiger partial charge on any atom is -0.324 e. The van der Waals surface area contributed by atoms with Crippen molar-refractivity contribution in [2.75, 3.05) is 10.7 Å². The van der Waals surface area contributed by atoms with Crippen molar-refractivity contribution < 1.29 is 22.4 Å². The fraction of sp³-hybridized carbons (Fsp3) is 0.211. The molecule has 6 nitrogen and oxygen atoms in total. The molecular weight excluding hydrogens is 422 g/mol. The normalized spacial score (nSPS) is 18.4. The second kappa shape index (κ2) is 7.63. The molecule has 2 N–H and O–H groups in total. The van der Waals surface area contributed by atoms with E-state index in [4.69, 9.17) is 0 Å². The molecule has 4 rings (SSSR count). The van der Waals surface area contributed by atoms with Crippen LogP contribution in [0.2, 0.25) is 0 Å². The Morgan fingerprint density at radius 1 is 1.13 bits per heavy atom. The molecule has 0 saturated heterocycles. The zero-order valence-corrected chi connectivity index (χ0v) is 16.3. The Labute approximate surface area is 172 Å². The smallest absolute Gasteiger partial charge is 0.324 e. The maximum absolute atomic E-state index is 13.4. The van der Waals surface area contributed by atoms with Crippen LogP contribution in [0.1, 0.15) is 23.0 Å². The zero-order chi connectivity index (χ0) is 21.5. The number of benzene rings is 2. The van der Waals surface area contributed by atoms with E-state index in [1.807, 2.05) is 0 Å². The van der Waals surface area contributed by atoms with Gasteiger partial charge in [-0.15, -0.1) is 10.2 Å². The fourth-order valence-electron chi connectivity index (χ4n) is 3.12. The predicted molar refractivity (Wildman–Crippen MR) is 103 cm³/mol. The maximum atomic E-state index is 13.4. The number of alkyl halides is 3. The molecule has 3 aromatic rings. The topological polar surface area (TPSA) is 71.8 Å². The standard InChI is InChI=1S/C19H15F4N5OS/c1-10-25-26-18-28(10)27-15(11-6-8-12(20)9-7-11)16(30-18)17(29)24-14-5-3-2-4-13(14)19(21,22)23/h2-9,15-16,27H,1H3,(H,24,29)/t15-,16-/m0/s1. The van der Waals surface area contributed by atoms with E-state index in [1.54, 1.807) is 11.6 Å². The molecule has 1 aliphatic rings. The molecule has 0 aliphatic carbocycles. The molecular formula is C19H15F4N5OS. The van der Waals surface area contributed by atoms with Crippen LogP contribution in [-0.4, -0.2) is 26.0 Å². The molecule has 0 radical (unpaired) electrons. The Hall–Kier alpha value is -3.08. The van der Waals surface area contributed by atoms with Gasteiger partial charge in [-0.25, -0.2) is 9.07 Å². The van der Waals surface area contributed by atoms with Gasteiger partial charge in [-0.05, 0) is 36.8 Å². The number of fused-ring (bicyclic) bond motifs is 1. The lowest BCUT2D eigenvalue weighted by Crippen LogP contribution is -2.41. The molecule has 1 amide bonds. The number of rotatable bonds is 3. The second-order valence-electron chi connectivity index (χ2n) is 6.59. The third kappa shape index (κ3) is 3.84. The quantitative estimate of drug-likeness (QED) is 0.603. The van der Waals surface area contributed by atoms with Gasteiger partial charge in [0.1, 0.15) is 16.9 Å². The summed E-state index contributed by atoms with van der Waals surface area (Å²) in [5.41, 5.74) is 2.42. The van der Waals surface area contributed by atoms with E-state index in [-0.39, 0.29) is 5.69 Å². The van der Waals surface area contributed by atoms with Crippen molar-refractivity contribution in [1.82, 2.24) is 14.9 Å². The van der Waals surface area contributed by atoms with Crippen molar-refractivity contribution in [2.24, 2.45) is 0 Å². The van der Waals surface area contributed by atoms with Gasteiger partial charge in [0.05, 0.1) is 17.3 Å². The lowest BCUT2D eigenvalue weighted by molar-refractivity contribution is -0.137. The van der Waals surface area contributed by atoms with Crippen molar-refractivity contribution in [3.05, 3.63) is 71.3 Å². The van der Waals surface area contributed by atoms with E-state index in [1.165, 1.54) is 42.5 Å². The number of amides is 1. The minimum atomic E-state index is -4.62. The molecule has 1 aliphatic heterocycles. The van der Waals surface area contributed by atoms with Crippen molar-refractivity contribution in [2.45, 2.75) is 29.5 Å². The van der Waals surface area contributed by atoms with Crippen molar-refractivity contribution in [1.29, 1.82) is 0 Å². The van der Waals surface area contributed by atoms with Gasteiger partial charge in [0.2, 0.25) is 11.1 Å². The van der Waals surface area contributed by atoms with Gasteiger partial charge in [-0.3, -0.25) is 4.79 Å². The Balaban J connectivity index is 1.68. The van der Waals surface area contributed by atoms with Gasteiger partial charge >= 0.3 is 6.18 Å². The second-order valence-corrected chi connectivity index (χ2v) is 7.70. The Bertz CT molecular complexity index is 1080. The average molecular weight is 437 g/mol. The number of thioether (sulfide) groups is 1. The third-order valence-electron chi connectivity index (χ3n) is 4.58. The number of para-hydroxylation sites is 1. The number of carbonyl (C=O) groups is 1. The van der Waals surface area contributed by atoms with Crippen LogP contribution >= 0.6 is 11.8 Å². The summed E-state index contributed by atoms with van der Waals surface area (Å²) in [6, 6.07) is 9.64. The molecule has 0 bridgehead atoms. The molecule has 0 unspecified atom stereocenters. The monoisotopic (exact) mass is 437 g/mol. The molecule has 11 heteroatoms. The van der Waals surface area contributed by atoms with Crippen molar-refractivity contribution in [3.8, 4) is 0 Å². The van der Waals surface area contributed by atoms with Crippen LogP contribution in [0.15, 0.2) is 53.7 Å². The number of aryl methyl sites for hydroxylation is 1. The summed E-state index contributed by atoms with van der Waals surface area (Å²) in [6.07, 6.45) is -4.62. The Morgan fingerprint density at radius 3 is 2.53 bits per heavy atom. The lowest BCUT2D eigenvalue weighted by atomic mass is 10.0. The number of aromatic nitrogens is 3. The van der Waals surface area contributed by atoms with Gasteiger partial charge in [-0.2, -0.15) is 13.2 Å². The van der Waals surface area contributed by atoms with Gasteiger partial charge < -0.3 is 10.7 Å². The van der Waals surface area contributed by atoms with Gasteiger partial charge in [0.25, 0.3) is 0 Å². The van der Waals surface area contributed by atoms with Crippen LogP contribution in [0.3, 0.4) is 0 Å². The highest BCUT2D eigenvalue weighted by molar-refractivity contribution is 8.00. The molecule has 2 heterocycles. The van der Waals surface area contributed by atoms with Crippen LogP contribution < -0.4 is 10.7 Å². The van der Waals surface area contributed by atoms with Gasteiger partial charge in [0, 0.05) is 0 Å². The summed E-state index contributed by atoms with van der Waals surface area (Å²) < 4.78 is 54.8. The number of nitrogens with one attached hydrogen (secondary N) is 2. The zero-order valence-electron chi connectivity index (χ0n) is 15.4. The molecule has 2 aromatic carbocycles. The number of carbonyl (C=O) groups excluding carboxylic acids is 1. The average Bonchev–Trinajstić information content (AvgIpc) is 3.07. The largest absolute Gasteiger partial charge is 0.418 e. The first-order valence-electron chi connectivity index (χ1n) is 8.82. The molecule has 2 atom stereocenters. The van der Waals surface area contributed by atoms with E-state index >= 15 is 0 Å². The highest BCUT2D eigenvalue weighted by Crippen LogP contribution is 2.39. The summed E-state index contributed by atoms with van der Waals surface area (Å²) >= 11 is 1.07. The Morgan fingerprint density at radius 2 is 1.83 bits per heavy atom. The van der Waals surface area contributed by atoms with E-state index in [2.05, 4.69) is 20.9 Å². The summed E-state index contributed by atoms with van der Waals surface area (Å²) in [4.78, 5) is 13.0. The molecule has 1 aromatic heterocycles.